The maximum absolute atomic E-state index is 12.7. The Kier molecular flexibility index (Phi) is 6.76. The van der Waals surface area contributed by atoms with Crippen molar-refractivity contribution in [1.29, 1.82) is 0 Å². The minimum Gasteiger partial charge on any atom is -0.406 e. The summed E-state index contributed by atoms with van der Waals surface area (Å²) in [6.45, 7) is 1.08. The Morgan fingerprint density at radius 2 is 2.10 bits per heavy atom. The van der Waals surface area contributed by atoms with E-state index in [1.165, 1.54) is 17.4 Å². The first kappa shape index (κ1) is 23.3. The summed E-state index contributed by atoms with van der Waals surface area (Å²) in [6, 6.07) is 7.10. The van der Waals surface area contributed by atoms with Crippen LogP contribution < -0.4 is 10.1 Å². The zero-order chi connectivity index (χ0) is 22.8. The molecule has 1 amide bonds. The number of amides is 1. The van der Waals surface area contributed by atoms with E-state index in [4.69, 9.17) is 11.6 Å². The molecule has 1 aromatic carbocycles. The van der Waals surface area contributed by atoms with Crippen molar-refractivity contribution in [3.05, 3.63) is 64.4 Å². The summed E-state index contributed by atoms with van der Waals surface area (Å²) in [4.78, 5) is 26.8. The third-order valence-corrected chi connectivity index (χ3v) is 6.74. The minimum atomic E-state index is -4.85. The normalized spacial score (nSPS) is 15.0. The second-order valence-electron chi connectivity index (χ2n) is 6.48. The summed E-state index contributed by atoms with van der Waals surface area (Å²) in [5.74, 6) is -1.23. The molecule has 3 aromatic rings. The van der Waals surface area contributed by atoms with E-state index in [0.29, 0.717) is 16.0 Å². The smallest absolute Gasteiger partial charge is 0.406 e. The number of fused-ring (bicyclic) bond motifs is 1. The number of hydrogen-bond acceptors (Lipinski definition) is 5. The maximum atomic E-state index is 12.7. The number of hydrogen-bond donors (Lipinski definition) is 2. The van der Waals surface area contributed by atoms with Crippen molar-refractivity contribution in [2.24, 2.45) is 0 Å². The molecule has 0 aliphatic rings. The lowest BCUT2D eigenvalue weighted by Crippen LogP contribution is -2.25. The van der Waals surface area contributed by atoms with Crippen molar-refractivity contribution in [1.82, 2.24) is 10.3 Å². The molecule has 0 saturated heterocycles. The van der Waals surface area contributed by atoms with Gasteiger partial charge in [-0.05, 0) is 46.7 Å². The van der Waals surface area contributed by atoms with E-state index in [9.17, 15) is 27.4 Å². The fourth-order valence-electron chi connectivity index (χ4n) is 2.85. The largest absolute Gasteiger partial charge is 0.573 e. The van der Waals surface area contributed by atoms with E-state index in [1.807, 2.05) is 0 Å². The number of nitrogens with one attached hydrogen (secondary N) is 1. The Bertz CT molecular complexity index is 1190. The van der Waals surface area contributed by atoms with Crippen molar-refractivity contribution in [3.8, 4) is 5.75 Å². The summed E-state index contributed by atoms with van der Waals surface area (Å²) >= 11 is 7.33. The van der Waals surface area contributed by atoms with Gasteiger partial charge in [0.15, 0.2) is 0 Å². The molecule has 164 valence electrons. The SMILES string of the molecule is CP(=O)(O)C(C(=O)N/C=C/c1cc(OC(F)(F)F)ccn1)c1csc2ccc(Cl)cc12. The number of benzene rings is 1. The molecule has 2 N–H and O–H groups in total. The van der Waals surface area contributed by atoms with E-state index < -0.39 is 31.0 Å². The number of aromatic nitrogens is 1. The summed E-state index contributed by atoms with van der Waals surface area (Å²) in [7, 11) is -3.93. The first-order chi connectivity index (χ1) is 14.4. The van der Waals surface area contributed by atoms with Gasteiger partial charge in [-0.1, -0.05) is 11.6 Å². The number of halogens is 4. The summed E-state index contributed by atoms with van der Waals surface area (Å²) in [5.41, 5.74) is -0.923. The van der Waals surface area contributed by atoms with Gasteiger partial charge < -0.3 is 14.9 Å². The van der Waals surface area contributed by atoms with E-state index in [1.54, 1.807) is 23.6 Å². The Hall–Kier alpha value is -2.39. The van der Waals surface area contributed by atoms with Crippen LogP contribution in [0.1, 0.15) is 16.9 Å². The van der Waals surface area contributed by atoms with Gasteiger partial charge in [-0.3, -0.25) is 14.3 Å². The molecule has 3 rings (SSSR count). The molecule has 12 heteroatoms. The van der Waals surface area contributed by atoms with E-state index in [-0.39, 0.29) is 5.69 Å². The van der Waals surface area contributed by atoms with E-state index in [0.717, 1.165) is 35.9 Å². The molecule has 0 aliphatic carbocycles. The van der Waals surface area contributed by atoms with Crippen LogP contribution in [-0.4, -0.2) is 28.8 Å². The Morgan fingerprint density at radius 3 is 2.77 bits per heavy atom. The lowest BCUT2D eigenvalue weighted by Gasteiger charge is -2.18. The van der Waals surface area contributed by atoms with Crippen molar-refractivity contribution < 1.29 is 32.2 Å². The summed E-state index contributed by atoms with van der Waals surface area (Å²) < 4.78 is 54.1. The lowest BCUT2D eigenvalue weighted by atomic mass is 10.1. The number of rotatable bonds is 6. The summed E-state index contributed by atoms with van der Waals surface area (Å²) in [6.07, 6.45) is -1.37. The van der Waals surface area contributed by atoms with Crippen LogP contribution >= 0.6 is 30.3 Å². The molecular weight excluding hydrogens is 476 g/mol. The van der Waals surface area contributed by atoms with Crippen LogP contribution in [0.25, 0.3) is 16.2 Å². The minimum absolute atomic E-state index is 0.0787. The molecular formula is C19H15ClF3N2O4PS. The van der Waals surface area contributed by atoms with E-state index >= 15 is 0 Å². The van der Waals surface area contributed by atoms with Crippen molar-refractivity contribution in [2.45, 2.75) is 12.0 Å². The molecule has 2 atom stereocenters. The maximum Gasteiger partial charge on any atom is 0.573 e. The second kappa shape index (κ2) is 9.00. The van der Waals surface area contributed by atoms with Crippen LogP contribution in [0, 0.1) is 0 Å². The first-order valence-electron chi connectivity index (χ1n) is 8.59. The molecule has 0 aliphatic heterocycles. The second-order valence-corrected chi connectivity index (χ2v) is 10.2. The zero-order valence-electron chi connectivity index (χ0n) is 15.8. The molecule has 31 heavy (non-hydrogen) atoms. The van der Waals surface area contributed by atoms with Crippen LogP contribution in [-0.2, 0) is 9.36 Å². The number of carbonyl (C=O) groups excluding carboxylic acids is 1. The zero-order valence-corrected chi connectivity index (χ0v) is 18.2. The van der Waals surface area contributed by atoms with E-state index in [2.05, 4.69) is 15.0 Å². The Labute approximate surface area is 183 Å². The highest BCUT2D eigenvalue weighted by atomic mass is 35.5. The van der Waals surface area contributed by atoms with Crippen molar-refractivity contribution >= 4 is 52.4 Å². The third-order valence-electron chi connectivity index (χ3n) is 4.05. The van der Waals surface area contributed by atoms with Gasteiger partial charge in [-0.2, -0.15) is 0 Å². The van der Waals surface area contributed by atoms with Gasteiger partial charge >= 0.3 is 6.36 Å². The van der Waals surface area contributed by atoms with Crippen LogP contribution in [0.5, 0.6) is 5.75 Å². The van der Waals surface area contributed by atoms with Crippen LogP contribution in [0.4, 0.5) is 13.2 Å². The highest BCUT2D eigenvalue weighted by Gasteiger charge is 2.36. The van der Waals surface area contributed by atoms with Gasteiger partial charge in [0, 0.05) is 34.9 Å². The van der Waals surface area contributed by atoms with Gasteiger partial charge in [-0.25, -0.2) is 0 Å². The topological polar surface area (TPSA) is 88.5 Å². The van der Waals surface area contributed by atoms with Gasteiger partial charge in [0.2, 0.25) is 13.3 Å². The van der Waals surface area contributed by atoms with Gasteiger partial charge in [0.25, 0.3) is 0 Å². The number of nitrogens with zero attached hydrogens (tertiary/aromatic N) is 1. The molecule has 2 unspecified atom stereocenters. The number of alkyl halides is 3. The molecule has 2 heterocycles. The fraction of sp³-hybridized carbons (Fsp3) is 0.158. The predicted molar refractivity (Wildman–Crippen MR) is 113 cm³/mol. The molecule has 0 bridgehead atoms. The van der Waals surface area contributed by atoms with Gasteiger partial charge in [0.05, 0.1) is 5.69 Å². The standard InChI is InChI=1S/C19H15ClF3N2O4PS/c1-30(27,28)17(15-10-31-16-3-2-11(20)8-14(15)16)18(26)25-6-4-12-9-13(5-7-24-12)29-19(21,22)23/h2-10,17H,1H3,(H,25,26)(H,27,28)/b6-4+. The average molecular weight is 491 g/mol. The Balaban J connectivity index is 1.82. The predicted octanol–water partition coefficient (Wildman–Crippen LogP) is 5.58. The number of ether oxygens (including phenoxy) is 1. The quantitative estimate of drug-likeness (QED) is 0.441. The number of pyridine rings is 1. The fourth-order valence-corrected chi connectivity index (χ4v) is 5.33. The van der Waals surface area contributed by atoms with Gasteiger partial charge in [-0.15, -0.1) is 24.5 Å². The van der Waals surface area contributed by atoms with Crippen LogP contribution in [0.2, 0.25) is 5.02 Å². The summed E-state index contributed by atoms with van der Waals surface area (Å²) in [5, 5.41) is 5.03. The third kappa shape index (κ3) is 6.07. The molecule has 2 aromatic heterocycles. The van der Waals surface area contributed by atoms with Crippen molar-refractivity contribution in [3.63, 3.8) is 0 Å². The number of thiophene rings is 1. The first-order valence-corrected chi connectivity index (χ1v) is 12.0. The highest BCUT2D eigenvalue weighted by molar-refractivity contribution is 7.58. The number of carbonyl (C=O) groups is 1. The van der Waals surface area contributed by atoms with Crippen LogP contribution in [0.3, 0.4) is 0 Å². The molecule has 6 nitrogen and oxygen atoms in total. The van der Waals surface area contributed by atoms with Crippen molar-refractivity contribution in [2.75, 3.05) is 6.66 Å². The molecule has 0 saturated carbocycles. The average Bonchev–Trinajstić information content (AvgIpc) is 3.02. The monoisotopic (exact) mass is 490 g/mol. The molecule has 0 fully saturated rings. The Morgan fingerprint density at radius 1 is 1.35 bits per heavy atom. The van der Waals surface area contributed by atoms with Crippen LogP contribution in [0.15, 0.2) is 48.1 Å². The highest BCUT2D eigenvalue weighted by Crippen LogP contribution is 2.54. The van der Waals surface area contributed by atoms with Gasteiger partial charge in [0.1, 0.15) is 11.4 Å². The molecule has 0 spiro atoms. The molecule has 0 radical (unpaired) electrons. The lowest BCUT2D eigenvalue weighted by molar-refractivity contribution is -0.274.